The summed E-state index contributed by atoms with van der Waals surface area (Å²) in [4.78, 5) is 1.21. The Labute approximate surface area is 152 Å². The molecule has 0 radical (unpaired) electrons. The van der Waals surface area contributed by atoms with Crippen molar-refractivity contribution < 1.29 is 22.6 Å². The molecule has 1 N–H and O–H groups in total. The van der Waals surface area contributed by atoms with Crippen molar-refractivity contribution in [2.45, 2.75) is 16.3 Å². The zero-order valence-electron chi connectivity index (χ0n) is 14.5. The fourth-order valence-electron chi connectivity index (χ4n) is 2.31. The van der Waals surface area contributed by atoms with E-state index in [0.29, 0.717) is 22.8 Å². The first kappa shape index (κ1) is 19.4. The Hall–Kier alpha value is -1.90. The van der Waals surface area contributed by atoms with Gasteiger partial charge in [-0.3, -0.25) is 0 Å². The van der Waals surface area contributed by atoms with Crippen LogP contribution in [0.1, 0.15) is 5.56 Å². The van der Waals surface area contributed by atoms with Gasteiger partial charge in [-0.05, 0) is 36.6 Å². The number of rotatable bonds is 8. The highest BCUT2D eigenvalue weighted by molar-refractivity contribution is 7.98. The maximum absolute atomic E-state index is 12.5. The molecule has 8 heteroatoms. The lowest BCUT2D eigenvalue weighted by Gasteiger charge is -2.16. The van der Waals surface area contributed by atoms with Crippen LogP contribution in [0.15, 0.2) is 46.2 Å². The van der Waals surface area contributed by atoms with Crippen LogP contribution in [0.3, 0.4) is 0 Å². The Kier molecular flexibility index (Phi) is 6.57. The van der Waals surface area contributed by atoms with E-state index in [4.69, 9.17) is 14.2 Å². The summed E-state index contributed by atoms with van der Waals surface area (Å²) in [6.07, 6.45) is 1.94. The minimum atomic E-state index is -3.63. The summed E-state index contributed by atoms with van der Waals surface area (Å²) >= 11 is 1.55. The molecule has 0 atom stereocenters. The topological polar surface area (TPSA) is 73.9 Å². The molecule has 0 saturated heterocycles. The third kappa shape index (κ3) is 4.39. The third-order valence-electron chi connectivity index (χ3n) is 3.61. The SMILES string of the molecule is COc1ccc(CNS(=O)(=O)c2ccc(SC)cc2)c(OC)c1OC. The van der Waals surface area contributed by atoms with Crippen LogP contribution in [0.25, 0.3) is 0 Å². The first-order valence-electron chi connectivity index (χ1n) is 7.38. The van der Waals surface area contributed by atoms with E-state index in [-0.39, 0.29) is 11.4 Å². The minimum absolute atomic E-state index is 0.0656. The number of hydrogen-bond donors (Lipinski definition) is 1. The summed E-state index contributed by atoms with van der Waals surface area (Å²) < 4.78 is 43.4. The van der Waals surface area contributed by atoms with Crippen molar-refractivity contribution in [2.75, 3.05) is 27.6 Å². The third-order valence-corrected chi connectivity index (χ3v) is 5.77. The standard InChI is InChI=1S/C17H21NO5S2/c1-21-15-10-5-12(16(22-2)17(15)23-3)11-18-25(19,20)14-8-6-13(24-4)7-9-14/h5-10,18H,11H2,1-4H3. The monoisotopic (exact) mass is 383 g/mol. The summed E-state index contributed by atoms with van der Waals surface area (Å²) in [6.45, 7) is 0.0656. The second-order valence-electron chi connectivity index (χ2n) is 4.99. The molecule has 0 aromatic heterocycles. The molecule has 2 rings (SSSR count). The smallest absolute Gasteiger partial charge is 0.240 e. The van der Waals surface area contributed by atoms with E-state index in [9.17, 15) is 8.42 Å². The number of sulfonamides is 1. The molecule has 0 aliphatic heterocycles. The minimum Gasteiger partial charge on any atom is -0.493 e. The first-order chi connectivity index (χ1) is 12.0. The maximum Gasteiger partial charge on any atom is 0.240 e. The number of thioether (sulfide) groups is 1. The van der Waals surface area contributed by atoms with Crippen LogP contribution in [0.2, 0.25) is 0 Å². The molecule has 136 valence electrons. The molecule has 2 aromatic carbocycles. The Balaban J connectivity index is 2.24. The van der Waals surface area contributed by atoms with Gasteiger partial charge >= 0.3 is 0 Å². The molecule has 25 heavy (non-hydrogen) atoms. The van der Waals surface area contributed by atoms with E-state index in [1.54, 1.807) is 48.2 Å². The first-order valence-corrected chi connectivity index (χ1v) is 10.1. The van der Waals surface area contributed by atoms with Crippen LogP contribution in [0.4, 0.5) is 0 Å². The van der Waals surface area contributed by atoms with Crippen LogP contribution < -0.4 is 18.9 Å². The highest BCUT2D eigenvalue weighted by Crippen LogP contribution is 2.39. The van der Waals surface area contributed by atoms with Crippen LogP contribution in [-0.2, 0) is 16.6 Å². The fourth-order valence-corrected chi connectivity index (χ4v) is 3.73. The van der Waals surface area contributed by atoms with E-state index in [1.165, 1.54) is 21.3 Å². The van der Waals surface area contributed by atoms with Crippen LogP contribution in [0.5, 0.6) is 17.2 Å². The molecule has 0 amide bonds. The lowest BCUT2D eigenvalue weighted by atomic mass is 10.1. The predicted molar refractivity (Wildman–Crippen MR) is 98.3 cm³/mol. The number of methoxy groups -OCH3 is 3. The zero-order chi connectivity index (χ0) is 18.4. The van der Waals surface area contributed by atoms with E-state index in [0.717, 1.165) is 4.90 Å². The highest BCUT2D eigenvalue weighted by atomic mass is 32.2. The van der Waals surface area contributed by atoms with Gasteiger partial charge in [-0.2, -0.15) is 0 Å². The summed E-state index contributed by atoms with van der Waals surface area (Å²) in [5.41, 5.74) is 0.643. The lowest BCUT2D eigenvalue weighted by molar-refractivity contribution is 0.322. The molecule has 0 heterocycles. The zero-order valence-corrected chi connectivity index (χ0v) is 16.2. The normalized spacial score (nSPS) is 11.2. The number of ether oxygens (including phenoxy) is 3. The number of nitrogens with one attached hydrogen (secondary N) is 1. The van der Waals surface area contributed by atoms with Crippen molar-refractivity contribution in [3.63, 3.8) is 0 Å². The van der Waals surface area contributed by atoms with Gasteiger partial charge in [0.15, 0.2) is 11.5 Å². The van der Waals surface area contributed by atoms with Crippen molar-refractivity contribution in [1.82, 2.24) is 4.72 Å². The van der Waals surface area contributed by atoms with E-state index < -0.39 is 10.0 Å². The molecular formula is C17H21NO5S2. The predicted octanol–water partition coefficient (Wildman–Crippen LogP) is 2.91. The molecule has 0 aliphatic carbocycles. The van der Waals surface area contributed by atoms with Crippen molar-refractivity contribution >= 4 is 21.8 Å². The van der Waals surface area contributed by atoms with Gasteiger partial charge in [-0.25, -0.2) is 13.1 Å². The van der Waals surface area contributed by atoms with Crippen LogP contribution >= 0.6 is 11.8 Å². The van der Waals surface area contributed by atoms with E-state index in [1.807, 2.05) is 6.26 Å². The van der Waals surface area contributed by atoms with Crippen LogP contribution in [0, 0.1) is 0 Å². The largest absolute Gasteiger partial charge is 0.493 e. The van der Waals surface area contributed by atoms with Crippen molar-refractivity contribution in [1.29, 1.82) is 0 Å². The Morgan fingerprint density at radius 1 is 0.920 bits per heavy atom. The summed E-state index contributed by atoms with van der Waals surface area (Å²) in [5, 5.41) is 0. The van der Waals surface area contributed by atoms with E-state index >= 15 is 0 Å². The average molecular weight is 383 g/mol. The van der Waals surface area contributed by atoms with Gasteiger partial charge in [0.05, 0.1) is 26.2 Å². The van der Waals surface area contributed by atoms with Gasteiger partial charge in [0.2, 0.25) is 15.8 Å². The van der Waals surface area contributed by atoms with Crippen molar-refractivity contribution in [2.24, 2.45) is 0 Å². The molecule has 0 aliphatic rings. The average Bonchev–Trinajstić information content (AvgIpc) is 2.65. The Morgan fingerprint density at radius 2 is 1.56 bits per heavy atom. The lowest BCUT2D eigenvalue weighted by Crippen LogP contribution is -2.23. The second kappa shape index (κ2) is 8.46. The molecule has 6 nitrogen and oxygen atoms in total. The van der Waals surface area contributed by atoms with Gasteiger partial charge in [-0.15, -0.1) is 11.8 Å². The summed E-state index contributed by atoms with van der Waals surface area (Å²) in [6, 6.07) is 10.2. The molecular weight excluding hydrogens is 362 g/mol. The van der Waals surface area contributed by atoms with Gasteiger partial charge in [-0.1, -0.05) is 6.07 Å². The molecule has 0 spiro atoms. The fraction of sp³-hybridized carbons (Fsp3) is 0.294. The molecule has 0 saturated carbocycles. The van der Waals surface area contributed by atoms with Crippen LogP contribution in [-0.4, -0.2) is 36.0 Å². The Morgan fingerprint density at radius 3 is 2.08 bits per heavy atom. The van der Waals surface area contributed by atoms with Gasteiger partial charge in [0.1, 0.15) is 0 Å². The van der Waals surface area contributed by atoms with Gasteiger partial charge < -0.3 is 14.2 Å². The van der Waals surface area contributed by atoms with Crippen molar-refractivity contribution in [3.05, 3.63) is 42.0 Å². The number of hydrogen-bond acceptors (Lipinski definition) is 6. The molecule has 0 unspecified atom stereocenters. The summed E-state index contributed by atoms with van der Waals surface area (Å²) in [5.74, 6) is 1.37. The van der Waals surface area contributed by atoms with E-state index in [2.05, 4.69) is 4.72 Å². The van der Waals surface area contributed by atoms with Crippen molar-refractivity contribution in [3.8, 4) is 17.2 Å². The molecule has 2 aromatic rings. The second-order valence-corrected chi connectivity index (χ2v) is 7.64. The van der Waals surface area contributed by atoms with Gasteiger partial charge in [0, 0.05) is 17.0 Å². The molecule has 0 fully saturated rings. The van der Waals surface area contributed by atoms with Gasteiger partial charge in [0.25, 0.3) is 0 Å². The summed E-state index contributed by atoms with van der Waals surface area (Å²) in [7, 11) is 0.893. The quantitative estimate of drug-likeness (QED) is 0.707. The highest BCUT2D eigenvalue weighted by Gasteiger charge is 2.19. The maximum atomic E-state index is 12.5. The Bertz CT molecular complexity index is 820. The number of benzene rings is 2. The molecule has 0 bridgehead atoms.